The highest BCUT2D eigenvalue weighted by Gasteiger charge is 2.39. The number of rotatable bonds is 4. The summed E-state index contributed by atoms with van der Waals surface area (Å²) < 4.78 is 36.6. The molecular weight excluding hydrogens is 254 g/mol. The van der Waals surface area contributed by atoms with Crippen LogP contribution in [0, 0.1) is 0 Å². The average Bonchev–Trinajstić information content (AvgIpc) is 2.83. The van der Waals surface area contributed by atoms with Gasteiger partial charge in [-0.2, -0.15) is 4.31 Å². The third-order valence-electron chi connectivity index (χ3n) is 3.17. The van der Waals surface area contributed by atoms with Crippen LogP contribution < -0.4 is 0 Å². The summed E-state index contributed by atoms with van der Waals surface area (Å²) in [5.41, 5.74) is 0. The van der Waals surface area contributed by atoms with E-state index in [9.17, 15) is 8.42 Å². The topological polar surface area (TPSA) is 55.8 Å². The maximum absolute atomic E-state index is 12.4. The Balaban J connectivity index is 2.23. The summed E-state index contributed by atoms with van der Waals surface area (Å²) in [6.45, 7) is 0.651. The monoisotopic (exact) mass is 271 g/mol. The second-order valence-electron chi connectivity index (χ2n) is 4.18. The lowest BCUT2D eigenvalue weighted by molar-refractivity contribution is -0.00461. The predicted molar refractivity (Wildman–Crippen MR) is 66.8 cm³/mol. The van der Waals surface area contributed by atoms with Crippen LogP contribution in [0.2, 0.25) is 0 Å². The predicted octanol–water partition coefficient (Wildman–Crippen LogP) is 0.721. The van der Waals surface area contributed by atoms with Crippen LogP contribution in [0.1, 0.15) is 0 Å². The summed E-state index contributed by atoms with van der Waals surface area (Å²) in [7, 11) is -0.322. The molecule has 1 aliphatic rings. The zero-order valence-corrected chi connectivity index (χ0v) is 11.3. The molecule has 6 heteroatoms. The maximum atomic E-state index is 12.4. The van der Waals surface area contributed by atoms with Gasteiger partial charge in [0.25, 0.3) is 0 Å². The lowest BCUT2D eigenvalue weighted by Gasteiger charge is -2.15. The van der Waals surface area contributed by atoms with Gasteiger partial charge in [0.15, 0.2) is 0 Å². The highest BCUT2D eigenvalue weighted by atomic mass is 32.2. The van der Waals surface area contributed by atoms with Gasteiger partial charge in [-0.05, 0) is 12.1 Å². The minimum Gasteiger partial charge on any atom is -0.377 e. The van der Waals surface area contributed by atoms with Crippen molar-refractivity contribution in [2.45, 2.75) is 17.1 Å². The van der Waals surface area contributed by atoms with E-state index < -0.39 is 10.0 Å². The first kappa shape index (κ1) is 13.5. The molecule has 0 saturated carbocycles. The molecule has 1 saturated heterocycles. The van der Waals surface area contributed by atoms with Crippen LogP contribution >= 0.6 is 0 Å². The SMILES string of the molecule is COC1CN(S(=O)(=O)c2ccccc2)CC1OC. The fraction of sp³-hybridized carbons (Fsp3) is 0.500. The Hall–Kier alpha value is -0.950. The highest BCUT2D eigenvalue weighted by Crippen LogP contribution is 2.23. The zero-order valence-electron chi connectivity index (χ0n) is 10.4. The molecule has 0 radical (unpaired) electrons. The fourth-order valence-corrected chi connectivity index (χ4v) is 3.59. The summed E-state index contributed by atoms with van der Waals surface area (Å²) in [6, 6.07) is 8.41. The van der Waals surface area contributed by atoms with Gasteiger partial charge in [-0.25, -0.2) is 8.42 Å². The first-order valence-corrected chi connectivity index (χ1v) is 7.14. The molecule has 1 aliphatic heterocycles. The van der Waals surface area contributed by atoms with Crippen LogP contribution in [0.15, 0.2) is 35.2 Å². The molecule has 5 nitrogen and oxygen atoms in total. The lowest BCUT2D eigenvalue weighted by atomic mass is 10.3. The van der Waals surface area contributed by atoms with Crippen LogP contribution in [-0.2, 0) is 19.5 Å². The van der Waals surface area contributed by atoms with Crippen LogP contribution in [0.25, 0.3) is 0 Å². The Morgan fingerprint density at radius 3 is 2.00 bits per heavy atom. The molecule has 0 amide bonds. The Kier molecular flexibility index (Phi) is 4.01. The number of sulfonamides is 1. The van der Waals surface area contributed by atoms with E-state index >= 15 is 0 Å². The lowest BCUT2D eigenvalue weighted by Crippen LogP contribution is -2.30. The van der Waals surface area contributed by atoms with Gasteiger partial charge < -0.3 is 9.47 Å². The third-order valence-corrected chi connectivity index (χ3v) is 5.01. The van der Waals surface area contributed by atoms with Crippen LogP contribution in [0.4, 0.5) is 0 Å². The Morgan fingerprint density at radius 1 is 1.06 bits per heavy atom. The minimum absolute atomic E-state index is 0.214. The van der Waals surface area contributed by atoms with E-state index in [1.165, 1.54) is 4.31 Å². The van der Waals surface area contributed by atoms with E-state index in [-0.39, 0.29) is 12.2 Å². The fourth-order valence-electron chi connectivity index (χ4n) is 2.10. The molecule has 1 heterocycles. The van der Waals surface area contributed by atoms with Gasteiger partial charge in [0.2, 0.25) is 10.0 Å². The molecule has 1 fully saturated rings. The van der Waals surface area contributed by atoms with Crippen molar-refractivity contribution in [3.63, 3.8) is 0 Å². The molecular formula is C12H17NO4S. The van der Waals surface area contributed by atoms with Gasteiger partial charge in [-0.15, -0.1) is 0 Å². The first-order chi connectivity index (χ1) is 8.59. The van der Waals surface area contributed by atoms with Crippen LogP contribution in [-0.4, -0.2) is 52.2 Å². The average molecular weight is 271 g/mol. The standard InChI is InChI=1S/C12H17NO4S/c1-16-11-8-13(9-12(11)17-2)18(14,15)10-6-4-3-5-7-10/h3-7,11-12H,8-9H2,1-2H3. The maximum Gasteiger partial charge on any atom is 0.243 e. The van der Waals surface area contributed by atoms with E-state index in [1.807, 2.05) is 0 Å². The Labute approximate surface area is 107 Å². The first-order valence-electron chi connectivity index (χ1n) is 5.70. The molecule has 0 aliphatic carbocycles. The number of nitrogens with zero attached hydrogens (tertiary/aromatic N) is 1. The van der Waals surface area contributed by atoms with E-state index in [2.05, 4.69) is 0 Å². The second kappa shape index (κ2) is 5.36. The molecule has 0 N–H and O–H groups in total. The summed E-state index contributed by atoms with van der Waals surface area (Å²) >= 11 is 0. The molecule has 1 aromatic carbocycles. The van der Waals surface area contributed by atoms with Crippen molar-refractivity contribution in [3.05, 3.63) is 30.3 Å². The molecule has 2 atom stereocenters. The van der Waals surface area contributed by atoms with Gasteiger partial charge in [0, 0.05) is 27.3 Å². The van der Waals surface area contributed by atoms with E-state index in [1.54, 1.807) is 44.6 Å². The van der Waals surface area contributed by atoms with Gasteiger partial charge in [-0.1, -0.05) is 18.2 Å². The Bertz CT molecular complexity index is 476. The molecule has 2 unspecified atom stereocenters. The molecule has 100 valence electrons. The van der Waals surface area contributed by atoms with E-state index in [0.29, 0.717) is 18.0 Å². The van der Waals surface area contributed by atoms with Gasteiger partial charge in [0.05, 0.1) is 17.1 Å². The molecule has 0 aromatic heterocycles. The van der Waals surface area contributed by atoms with E-state index in [4.69, 9.17) is 9.47 Å². The zero-order chi connectivity index (χ0) is 13.2. The van der Waals surface area contributed by atoms with E-state index in [0.717, 1.165) is 0 Å². The number of ether oxygens (including phenoxy) is 2. The molecule has 2 rings (SSSR count). The Morgan fingerprint density at radius 2 is 1.56 bits per heavy atom. The minimum atomic E-state index is -3.45. The molecule has 0 bridgehead atoms. The summed E-state index contributed by atoms with van der Waals surface area (Å²) in [4.78, 5) is 0.302. The van der Waals surface area contributed by atoms with Crippen LogP contribution in [0.3, 0.4) is 0 Å². The molecule has 18 heavy (non-hydrogen) atoms. The number of hydrogen-bond acceptors (Lipinski definition) is 4. The van der Waals surface area contributed by atoms with Crippen molar-refractivity contribution in [1.82, 2.24) is 4.31 Å². The summed E-state index contributed by atoms with van der Waals surface area (Å²) in [5, 5.41) is 0. The molecule has 1 aromatic rings. The largest absolute Gasteiger partial charge is 0.377 e. The van der Waals surface area contributed by atoms with Crippen molar-refractivity contribution < 1.29 is 17.9 Å². The van der Waals surface area contributed by atoms with Crippen molar-refractivity contribution >= 4 is 10.0 Å². The van der Waals surface area contributed by atoms with Crippen molar-refractivity contribution in [1.29, 1.82) is 0 Å². The normalized spacial score (nSPS) is 25.4. The molecule has 0 spiro atoms. The quantitative estimate of drug-likeness (QED) is 0.810. The van der Waals surface area contributed by atoms with Gasteiger partial charge in [0.1, 0.15) is 0 Å². The van der Waals surface area contributed by atoms with Crippen molar-refractivity contribution in [2.24, 2.45) is 0 Å². The highest BCUT2D eigenvalue weighted by molar-refractivity contribution is 7.89. The second-order valence-corrected chi connectivity index (χ2v) is 6.12. The summed E-state index contributed by atoms with van der Waals surface area (Å²) in [6.07, 6.45) is -0.429. The number of benzene rings is 1. The van der Waals surface area contributed by atoms with Crippen molar-refractivity contribution in [3.8, 4) is 0 Å². The smallest absolute Gasteiger partial charge is 0.243 e. The number of hydrogen-bond donors (Lipinski definition) is 0. The van der Waals surface area contributed by atoms with Crippen molar-refractivity contribution in [2.75, 3.05) is 27.3 Å². The van der Waals surface area contributed by atoms with Crippen LogP contribution in [0.5, 0.6) is 0 Å². The summed E-state index contributed by atoms with van der Waals surface area (Å²) in [5.74, 6) is 0. The number of methoxy groups -OCH3 is 2. The van der Waals surface area contributed by atoms with Gasteiger partial charge >= 0.3 is 0 Å². The third kappa shape index (κ3) is 2.42. The van der Waals surface area contributed by atoms with Gasteiger partial charge in [-0.3, -0.25) is 0 Å².